The van der Waals surface area contributed by atoms with Gasteiger partial charge in [-0.05, 0) is 76.3 Å². The smallest absolute Gasteiger partial charge is 0.417 e. The summed E-state index contributed by atoms with van der Waals surface area (Å²) in [7, 11) is 5.24. The first-order valence-electron chi connectivity index (χ1n) is 16.7. The van der Waals surface area contributed by atoms with Crippen LogP contribution in [0.25, 0.3) is 0 Å². The van der Waals surface area contributed by atoms with E-state index in [2.05, 4.69) is 10.3 Å². The number of nitrogens with one attached hydrogen (secondary N) is 1. The Bertz CT molecular complexity index is 1700. The third-order valence-electron chi connectivity index (χ3n) is 8.72. The van der Waals surface area contributed by atoms with Gasteiger partial charge in [-0.1, -0.05) is 12.1 Å². The van der Waals surface area contributed by atoms with Crippen LogP contribution < -0.4 is 15.0 Å². The van der Waals surface area contributed by atoms with E-state index in [1.54, 1.807) is 12.1 Å². The van der Waals surface area contributed by atoms with Crippen LogP contribution in [0.4, 0.5) is 37.7 Å². The number of likely N-dealkylation sites (N-methyl/N-ethyl adjacent to an activating group) is 2. The second-order valence-electron chi connectivity index (χ2n) is 12.8. The maximum absolute atomic E-state index is 14.4. The van der Waals surface area contributed by atoms with Crippen molar-refractivity contribution in [2.45, 2.75) is 44.1 Å². The highest BCUT2D eigenvalue weighted by Gasteiger charge is 2.48. The number of pyridine rings is 1. The van der Waals surface area contributed by atoms with Crippen molar-refractivity contribution in [3.63, 3.8) is 0 Å². The van der Waals surface area contributed by atoms with Gasteiger partial charge in [-0.15, -0.1) is 0 Å². The van der Waals surface area contributed by atoms with E-state index in [4.69, 9.17) is 4.74 Å². The predicted octanol–water partition coefficient (Wildman–Crippen LogP) is 6.05. The van der Waals surface area contributed by atoms with Crippen LogP contribution >= 0.6 is 0 Å². The molecule has 3 aromatic rings. The number of alkyl halides is 6. The number of ether oxygens (including phenoxy) is 1. The Kier molecular flexibility index (Phi) is 12.8. The lowest BCUT2D eigenvalue weighted by Crippen LogP contribution is -2.62. The van der Waals surface area contributed by atoms with E-state index >= 15 is 0 Å². The molecule has 4 rings (SSSR count). The number of piperidine rings is 1. The monoisotopic (exact) mass is 736 g/mol. The molecule has 0 bridgehead atoms. The third kappa shape index (κ3) is 9.92. The number of aromatic nitrogens is 1. The van der Waals surface area contributed by atoms with Crippen LogP contribution in [0.2, 0.25) is 0 Å². The molecule has 0 saturated carbocycles. The van der Waals surface area contributed by atoms with Crippen LogP contribution in [0.15, 0.2) is 67.0 Å². The van der Waals surface area contributed by atoms with E-state index in [1.807, 2.05) is 43.0 Å². The molecular formula is C36H42F6N6O4. The lowest BCUT2D eigenvalue weighted by Gasteiger charge is -2.43. The Morgan fingerprint density at radius 3 is 2.25 bits per heavy atom. The van der Waals surface area contributed by atoms with Crippen molar-refractivity contribution in [1.29, 1.82) is 0 Å². The zero-order valence-electron chi connectivity index (χ0n) is 29.4. The van der Waals surface area contributed by atoms with E-state index < -0.39 is 53.0 Å². The minimum absolute atomic E-state index is 0.000794. The average molecular weight is 737 g/mol. The molecule has 16 heteroatoms. The first-order chi connectivity index (χ1) is 24.4. The fourth-order valence-electron chi connectivity index (χ4n) is 5.98. The number of benzene rings is 2. The number of likely N-dealkylation sites (tertiary alicyclic amines) is 1. The number of carbonyl (C=O) groups excluding carboxylic acids is 3. The summed E-state index contributed by atoms with van der Waals surface area (Å²) in [6.45, 7) is 2.88. The number of para-hydroxylation sites is 2. The highest BCUT2D eigenvalue weighted by molar-refractivity contribution is 5.97. The molecule has 1 fully saturated rings. The number of amides is 3. The van der Waals surface area contributed by atoms with Crippen molar-refractivity contribution in [2.24, 2.45) is 0 Å². The molecule has 10 nitrogen and oxygen atoms in total. The summed E-state index contributed by atoms with van der Waals surface area (Å²) < 4.78 is 87.6. The highest BCUT2D eigenvalue weighted by atomic mass is 19.4. The van der Waals surface area contributed by atoms with Gasteiger partial charge in [0.05, 0.1) is 34.6 Å². The standard InChI is InChI=1S/C36H42F6N6O4/c1-5-47(30-10-7-6-9-29(30)44-31(49)16-20-45(2)3)22-21-46(4)33(51)34(52-26-13-11-25(12-14-26)35(37,38)39)17-8-19-48(24-34)32(50)27-23-43-18-15-28(27)36(40,41)42/h6-7,9-15,18,23H,5,8,16-17,19-22,24H2,1-4H3,(H,44,49). The Hall–Kier alpha value is -4.86. The predicted molar refractivity (Wildman–Crippen MR) is 183 cm³/mol. The first kappa shape index (κ1) is 39.9. The van der Waals surface area contributed by atoms with E-state index in [0.29, 0.717) is 30.5 Å². The van der Waals surface area contributed by atoms with Gasteiger partial charge < -0.3 is 29.7 Å². The second-order valence-corrected chi connectivity index (χ2v) is 12.8. The van der Waals surface area contributed by atoms with Gasteiger partial charge >= 0.3 is 12.4 Å². The van der Waals surface area contributed by atoms with E-state index in [1.165, 1.54) is 11.9 Å². The third-order valence-corrected chi connectivity index (χ3v) is 8.72. The van der Waals surface area contributed by atoms with Crippen LogP contribution in [-0.4, -0.2) is 103 Å². The quantitative estimate of drug-likeness (QED) is 0.214. The Morgan fingerprint density at radius 2 is 1.62 bits per heavy atom. The van der Waals surface area contributed by atoms with E-state index in [9.17, 15) is 40.7 Å². The van der Waals surface area contributed by atoms with Gasteiger partial charge in [-0.2, -0.15) is 26.3 Å². The van der Waals surface area contributed by atoms with Crippen LogP contribution in [0.1, 0.15) is 47.7 Å². The topological polar surface area (TPSA) is 98.3 Å². The first-order valence-corrected chi connectivity index (χ1v) is 16.7. The molecule has 1 saturated heterocycles. The number of halogens is 6. The maximum atomic E-state index is 14.4. The highest BCUT2D eigenvalue weighted by Crippen LogP contribution is 2.36. The number of anilines is 2. The number of carbonyl (C=O) groups is 3. The second kappa shape index (κ2) is 16.7. The molecule has 1 aromatic heterocycles. The van der Waals surface area contributed by atoms with Gasteiger partial charge in [-0.3, -0.25) is 19.4 Å². The lowest BCUT2D eigenvalue weighted by atomic mass is 9.90. The fourth-order valence-corrected chi connectivity index (χ4v) is 5.98. The van der Waals surface area contributed by atoms with Crippen LogP contribution in [0.5, 0.6) is 5.75 Å². The van der Waals surface area contributed by atoms with Crippen LogP contribution in [0, 0.1) is 0 Å². The molecule has 0 spiro atoms. The summed E-state index contributed by atoms with van der Waals surface area (Å²) in [5.41, 5.74) is -3.39. The zero-order chi connectivity index (χ0) is 38.3. The molecule has 1 unspecified atom stereocenters. The Labute approximate surface area is 298 Å². The van der Waals surface area contributed by atoms with E-state index in [0.717, 1.165) is 41.6 Å². The van der Waals surface area contributed by atoms with Gasteiger partial charge in [0.1, 0.15) is 5.75 Å². The molecule has 0 radical (unpaired) electrons. The van der Waals surface area contributed by atoms with Crippen molar-refractivity contribution in [3.05, 3.63) is 83.7 Å². The van der Waals surface area contributed by atoms with Gasteiger partial charge in [0, 0.05) is 58.6 Å². The Balaban J connectivity index is 1.60. The summed E-state index contributed by atoms with van der Waals surface area (Å²) in [6.07, 6.45) is -7.29. The summed E-state index contributed by atoms with van der Waals surface area (Å²) in [5, 5.41) is 2.94. The van der Waals surface area contributed by atoms with Crippen molar-refractivity contribution in [1.82, 2.24) is 19.7 Å². The number of nitrogens with zero attached hydrogens (tertiary/aromatic N) is 5. The lowest BCUT2D eigenvalue weighted by molar-refractivity contribution is -0.151. The molecule has 2 aromatic carbocycles. The van der Waals surface area contributed by atoms with Crippen LogP contribution in [0.3, 0.4) is 0 Å². The molecule has 1 atom stereocenters. The molecule has 2 heterocycles. The van der Waals surface area contributed by atoms with Gasteiger partial charge in [0.25, 0.3) is 11.8 Å². The van der Waals surface area contributed by atoms with Gasteiger partial charge in [0.2, 0.25) is 11.5 Å². The summed E-state index contributed by atoms with van der Waals surface area (Å²) in [4.78, 5) is 50.6. The molecule has 1 aliphatic rings. The van der Waals surface area contributed by atoms with Gasteiger partial charge in [0.15, 0.2) is 0 Å². The fraction of sp³-hybridized carbons (Fsp3) is 0.444. The minimum Gasteiger partial charge on any atom is -0.476 e. The number of hydrogen-bond acceptors (Lipinski definition) is 7. The normalized spacial score (nSPS) is 16.4. The van der Waals surface area contributed by atoms with Crippen molar-refractivity contribution >= 4 is 29.1 Å². The summed E-state index contributed by atoms with van der Waals surface area (Å²) >= 11 is 0. The van der Waals surface area contributed by atoms with Crippen molar-refractivity contribution < 1.29 is 45.5 Å². The SMILES string of the molecule is CCN(CCN(C)C(=O)C1(Oc2ccc(C(F)(F)F)cc2)CCCN(C(=O)c2cnccc2C(F)(F)F)C1)c1ccccc1NC(=O)CCN(C)C. The molecule has 282 valence electrons. The minimum atomic E-state index is -4.85. The molecular weight excluding hydrogens is 694 g/mol. The number of rotatable bonds is 13. The number of hydrogen-bond donors (Lipinski definition) is 1. The molecule has 3 amide bonds. The maximum Gasteiger partial charge on any atom is 0.417 e. The van der Waals surface area contributed by atoms with E-state index in [-0.39, 0.29) is 50.6 Å². The summed E-state index contributed by atoms with van der Waals surface area (Å²) in [5.74, 6) is -1.89. The zero-order valence-corrected chi connectivity index (χ0v) is 29.4. The molecule has 1 aliphatic heterocycles. The van der Waals surface area contributed by atoms with Gasteiger partial charge in [-0.25, -0.2) is 0 Å². The molecule has 0 aliphatic carbocycles. The van der Waals surface area contributed by atoms with Crippen LogP contribution in [-0.2, 0) is 21.9 Å². The molecule has 1 N–H and O–H groups in total. The Morgan fingerprint density at radius 1 is 0.923 bits per heavy atom. The van der Waals surface area contributed by atoms with Crippen molar-refractivity contribution in [3.8, 4) is 5.75 Å². The average Bonchev–Trinajstić information content (AvgIpc) is 3.10. The largest absolute Gasteiger partial charge is 0.476 e. The summed E-state index contributed by atoms with van der Waals surface area (Å²) in [6, 6.07) is 11.6. The van der Waals surface area contributed by atoms with Crippen molar-refractivity contribution in [2.75, 3.05) is 70.6 Å². The molecule has 52 heavy (non-hydrogen) atoms.